The third kappa shape index (κ3) is 19.6. The highest BCUT2D eigenvalue weighted by molar-refractivity contribution is 7.77. The summed E-state index contributed by atoms with van der Waals surface area (Å²) in [4.78, 5) is 3.78. The van der Waals surface area contributed by atoms with Crippen LogP contribution in [0.5, 0.6) is 0 Å². The van der Waals surface area contributed by atoms with Crippen molar-refractivity contribution in [2.75, 3.05) is 13.1 Å². The van der Waals surface area contributed by atoms with E-state index in [2.05, 4.69) is 18.8 Å². The molecule has 91 valence electrons. The molecule has 0 atom stereocenters. The van der Waals surface area contributed by atoms with Crippen molar-refractivity contribution in [2.24, 2.45) is 0 Å². The summed E-state index contributed by atoms with van der Waals surface area (Å²) in [5.41, 5.74) is 0. The lowest BCUT2D eigenvalue weighted by molar-refractivity contribution is 0.532. The van der Waals surface area contributed by atoms with Crippen LogP contribution in [0.2, 0.25) is 0 Å². The topological polar surface area (TPSA) is 16.1 Å². The van der Waals surface area contributed by atoms with E-state index in [0.717, 1.165) is 13.1 Å². The second kappa shape index (κ2) is 18.9. The van der Waals surface area contributed by atoms with Crippen LogP contribution in [0.1, 0.15) is 13.8 Å². The summed E-state index contributed by atoms with van der Waals surface area (Å²) in [5.74, 6) is 0. The molecule has 2 nitrogen and oxygen atoms in total. The van der Waals surface area contributed by atoms with Gasteiger partial charge in [-0.25, -0.2) is 4.31 Å². The second-order valence-electron chi connectivity index (χ2n) is 2.14. The Bertz CT molecular complexity index is 148. The van der Waals surface area contributed by atoms with Crippen LogP contribution in [-0.2, 0) is 0 Å². The minimum absolute atomic E-state index is 0. The number of nitrogens with zero attached hydrogens (tertiary/aromatic N) is 2. The van der Waals surface area contributed by atoms with Gasteiger partial charge in [-0.2, -0.15) is 0 Å². The van der Waals surface area contributed by atoms with Gasteiger partial charge in [-0.15, -0.1) is 0 Å². The second-order valence-corrected chi connectivity index (χ2v) is 2.66. The summed E-state index contributed by atoms with van der Waals surface area (Å²) in [6.07, 6.45) is 3.50. The SMILES string of the molecule is CCN([S])CC.F.F.F.c1ccncc1. The maximum absolute atomic E-state index is 4.77. The van der Waals surface area contributed by atoms with Crippen LogP contribution in [0.15, 0.2) is 30.6 Å². The van der Waals surface area contributed by atoms with Crippen molar-refractivity contribution in [1.29, 1.82) is 0 Å². The van der Waals surface area contributed by atoms with E-state index in [0.29, 0.717) is 0 Å². The molecule has 0 unspecified atom stereocenters. The molecule has 0 spiro atoms. The first kappa shape index (κ1) is 23.8. The number of halogens is 3. The summed E-state index contributed by atoms with van der Waals surface area (Å²) in [7, 11) is 0. The highest BCUT2D eigenvalue weighted by Crippen LogP contribution is 1.86. The van der Waals surface area contributed by atoms with Crippen molar-refractivity contribution < 1.29 is 14.1 Å². The molecule has 0 bridgehead atoms. The van der Waals surface area contributed by atoms with E-state index in [1.54, 1.807) is 12.4 Å². The van der Waals surface area contributed by atoms with Crippen LogP contribution < -0.4 is 0 Å². The Labute approximate surface area is 94.4 Å². The molecule has 0 aliphatic carbocycles. The molecule has 1 radical (unpaired) electrons. The molecule has 0 amide bonds. The van der Waals surface area contributed by atoms with E-state index >= 15 is 0 Å². The Morgan fingerprint density at radius 2 is 1.33 bits per heavy atom. The van der Waals surface area contributed by atoms with Gasteiger partial charge in [0.25, 0.3) is 0 Å². The first-order valence-corrected chi connectivity index (χ1v) is 4.44. The molecule has 15 heavy (non-hydrogen) atoms. The van der Waals surface area contributed by atoms with Gasteiger partial charge in [-0.1, -0.05) is 19.9 Å². The summed E-state index contributed by atoms with van der Waals surface area (Å²) in [5, 5.41) is 0. The fourth-order valence-corrected chi connectivity index (χ4v) is 0.536. The fourth-order valence-electron chi connectivity index (χ4n) is 0.536. The molecule has 0 saturated carbocycles. The van der Waals surface area contributed by atoms with E-state index < -0.39 is 0 Å². The highest BCUT2D eigenvalue weighted by atomic mass is 32.1. The van der Waals surface area contributed by atoms with Crippen LogP contribution in [0, 0.1) is 0 Å². The minimum Gasteiger partial charge on any atom is -0.269 e. The molecule has 0 aliphatic rings. The average molecular weight is 243 g/mol. The lowest BCUT2D eigenvalue weighted by Gasteiger charge is -2.03. The van der Waals surface area contributed by atoms with Gasteiger partial charge >= 0.3 is 0 Å². The van der Waals surface area contributed by atoms with E-state index in [-0.39, 0.29) is 14.1 Å². The van der Waals surface area contributed by atoms with E-state index in [1.807, 2.05) is 22.5 Å². The zero-order valence-corrected chi connectivity index (χ0v) is 9.64. The first-order valence-electron chi connectivity index (χ1n) is 4.08. The average Bonchev–Trinajstić information content (AvgIpc) is 2.20. The Kier molecular flexibility index (Phi) is 30.0. The number of rotatable bonds is 2. The number of hydrogen-bond acceptors (Lipinski definition) is 2. The van der Waals surface area contributed by atoms with Gasteiger partial charge in [-0.3, -0.25) is 19.1 Å². The van der Waals surface area contributed by atoms with Crippen molar-refractivity contribution >= 4 is 12.8 Å². The molecule has 1 rings (SSSR count). The zero-order chi connectivity index (χ0) is 9.23. The van der Waals surface area contributed by atoms with Gasteiger partial charge in [0.1, 0.15) is 0 Å². The fraction of sp³-hybridized carbons (Fsp3) is 0.444. The van der Waals surface area contributed by atoms with Crippen LogP contribution in [0.25, 0.3) is 0 Å². The van der Waals surface area contributed by atoms with Crippen LogP contribution >= 0.6 is 12.8 Å². The van der Waals surface area contributed by atoms with Gasteiger partial charge in [0.05, 0.1) is 0 Å². The third-order valence-electron chi connectivity index (χ3n) is 1.27. The highest BCUT2D eigenvalue weighted by Gasteiger charge is 1.84. The third-order valence-corrected chi connectivity index (χ3v) is 1.79. The van der Waals surface area contributed by atoms with Crippen molar-refractivity contribution in [3.05, 3.63) is 30.6 Å². The van der Waals surface area contributed by atoms with E-state index in [1.165, 1.54) is 0 Å². The number of hydrogen-bond donors (Lipinski definition) is 0. The van der Waals surface area contributed by atoms with Crippen LogP contribution in [-0.4, -0.2) is 22.4 Å². The molecule has 1 heterocycles. The Morgan fingerprint density at radius 3 is 1.40 bits per heavy atom. The summed E-state index contributed by atoms with van der Waals surface area (Å²) in [6.45, 7) is 6.06. The lowest BCUT2D eigenvalue weighted by Crippen LogP contribution is -2.08. The molecule has 0 saturated heterocycles. The van der Waals surface area contributed by atoms with Gasteiger partial charge in [0, 0.05) is 38.3 Å². The van der Waals surface area contributed by atoms with Gasteiger partial charge in [0.15, 0.2) is 0 Å². The standard InChI is InChI=1S/C5H5N.C4H10NS.3FH/c1-2-4-6-5-3-1;1-3-5(6)4-2;;;/h1-5H;3-4H2,1-2H3;3*1H. The van der Waals surface area contributed by atoms with Crippen molar-refractivity contribution in [2.45, 2.75) is 13.8 Å². The largest absolute Gasteiger partial charge is 0.269 e. The predicted molar refractivity (Wildman–Crippen MR) is 62.3 cm³/mol. The van der Waals surface area contributed by atoms with Crippen LogP contribution in [0.3, 0.4) is 0 Å². The maximum Gasteiger partial charge on any atom is 0.0267 e. The summed E-state index contributed by atoms with van der Waals surface area (Å²) >= 11 is 4.77. The van der Waals surface area contributed by atoms with Crippen LogP contribution in [0.4, 0.5) is 14.1 Å². The minimum atomic E-state index is 0. The van der Waals surface area contributed by atoms with Gasteiger partial charge in [0.2, 0.25) is 0 Å². The van der Waals surface area contributed by atoms with E-state index in [4.69, 9.17) is 12.8 Å². The molecule has 0 aliphatic heterocycles. The molecule has 0 aromatic carbocycles. The Morgan fingerprint density at radius 1 is 0.933 bits per heavy atom. The molecule has 0 fully saturated rings. The Hall–Kier alpha value is -0.750. The smallest absolute Gasteiger partial charge is 0.0267 e. The quantitative estimate of drug-likeness (QED) is 0.794. The molecule has 1 aromatic heterocycles. The summed E-state index contributed by atoms with van der Waals surface area (Å²) < 4.78 is 1.83. The Balaban J connectivity index is -0.0000000672. The normalized spacial score (nSPS) is 7.20. The zero-order valence-electron chi connectivity index (χ0n) is 8.83. The number of aromatic nitrogens is 1. The lowest BCUT2D eigenvalue weighted by atomic mass is 10.5. The van der Waals surface area contributed by atoms with E-state index in [9.17, 15) is 0 Å². The first-order chi connectivity index (χ1) is 5.81. The van der Waals surface area contributed by atoms with Crippen molar-refractivity contribution in [3.8, 4) is 0 Å². The van der Waals surface area contributed by atoms with Crippen molar-refractivity contribution in [1.82, 2.24) is 9.29 Å². The van der Waals surface area contributed by atoms with Gasteiger partial charge in [-0.05, 0) is 12.1 Å². The predicted octanol–water partition coefficient (Wildman–Crippen LogP) is 2.98. The van der Waals surface area contributed by atoms with Gasteiger partial charge < -0.3 is 0 Å². The molecule has 0 N–H and O–H groups in total. The molecular weight excluding hydrogens is 225 g/mol. The number of pyridine rings is 1. The van der Waals surface area contributed by atoms with Crippen molar-refractivity contribution in [3.63, 3.8) is 0 Å². The molecule has 1 aromatic rings. The molecule has 6 heteroatoms. The maximum atomic E-state index is 4.77. The summed E-state index contributed by atoms with van der Waals surface area (Å²) in [6, 6.07) is 5.72. The molecular formula is C9H18F3N2S. The monoisotopic (exact) mass is 243 g/mol.